The zero-order valence-electron chi connectivity index (χ0n) is 23.4. The average Bonchev–Trinajstić information content (AvgIpc) is 3.45. The minimum absolute atomic E-state index is 0.0129. The summed E-state index contributed by atoms with van der Waals surface area (Å²) in [6.07, 6.45) is -1.53. The highest BCUT2D eigenvalue weighted by atomic mass is 19.4. The Kier molecular flexibility index (Phi) is 8.10. The van der Waals surface area contributed by atoms with Gasteiger partial charge in [-0.25, -0.2) is 18.7 Å². The molecule has 0 aliphatic carbocycles. The van der Waals surface area contributed by atoms with E-state index in [4.69, 9.17) is 4.74 Å². The first-order valence-electron chi connectivity index (χ1n) is 13.3. The van der Waals surface area contributed by atoms with Crippen LogP contribution in [0.25, 0.3) is 5.57 Å². The summed E-state index contributed by atoms with van der Waals surface area (Å²) in [5.74, 6) is -2.61. The molecule has 1 amide bonds. The number of aromatic amines is 1. The predicted molar refractivity (Wildman–Crippen MR) is 149 cm³/mol. The van der Waals surface area contributed by atoms with E-state index in [1.807, 2.05) is 18.9 Å². The summed E-state index contributed by atoms with van der Waals surface area (Å²) in [7, 11) is 3.34. The molecule has 3 aromatic rings. The van der Waals surface area contributed by atoms with Crippen molar-refractivity contribution >= 4 is 28.7 Å². The number of amides is 1. The molecule has 0 spiro atoms. The normalized spacial score (nSPS) is 17.7. The Morgan fingerprint density at radius 3 is 2.60 bits per heavy atom. The molecule has 0 bridgehead atoms. The number of ether oxygens (including phenoxy) is 1. The number of aromatic nitrogens is 3. The van der Waals surface area contributed by atoms with Gasteiger partial charge in [0.1, 0.15) is 23.6 Å². The molecule has 1 unspecified atom stereocenters. The van der Waals surface area contributed by atoms with Crippen molar-refractivity contribution in [3.63, 3.8) is 0 Å². The van der Waals surface area contributed by atoms with Gasteiger partial charge in [-0.1, -0.05) is 6.08 Å². The smallest absolute Gasteiger partial charge is 0.417 e. The highest BCUT2D eigenvalue weighted by Crippen LogP contribution is 2.39. The number of halogens is 5. The number of methoxy groups -OCH3 is 1. The number of hydrogen-bond acceptors (Lipinski definition) is 8. The van der Waals surface area contributed by atoms with Crippen LogP contribution in [0.2, 0.25) is 0 Å². The molecule has 1 aromatic carbocycles. The highest BCUT2D eigenvalue weighted by molar-refractivity contribution is 6.07. The fraction of sp³-hybridized carbons (Fsp3) is 0.357. The van der Waals surface area contributed by atoms with Gasteiger partial charge in [-0.05, 0) is 19.5 Å². The summed E-state index contributed by atoms with van der Waals surface area (Å²) in [6.45, 7) is 3.45. The Morgan fingerprint density at radius 1 is 1.14 bits per heavy atom. The zero-order chi connectivity index (χ0) is 31.1. The van der Waals surface area contributed by atoms with E-state index in [1.54, 1.807) is 21.9 Å². The molecule has 2 aliphatic rings. The Bertz CT molecular complexity index is 1640. The molecule has 1 atom stereocenters. The van der Waals surface area contributed by atoms with Crippen LogP contribution in [0.5, 0.6) is 5.88 Å². The number of benzene rings is 1. The van der Waals surface area contributed by atoms with E-state index in [2.05, 4.69) is 20.3 Å². The summed E-state index contributed by atoms with van der Waals surface area (Å²) in [5, 5.41) is 2.26. The van der Waals surface area contributed by atoms with E-state index in [-0.39, 0.29) is 36.5 Å². The van der Waals surface area contributed by atoms with Crippen LogP contribution in [0.3, 0.4) is 0 Å². The fourth-order valence-electron chi connectivity index (χ4n) is 5.14. The van der Waals surface area contributed by atoms with Gasteiger partial charge in [0, 0.05) is 63.2 Å². The molecule has 4 heterocycles. The number of H-pyrrole nitrogens is 1. The van der Waals surface area contributed by atoms with Crippen molar-refractivity contribution in [3.05, 3.63) is 75.5 Å². The number of carbonyl (C=O) groups excluding carboxylic acids is 1. The minimum atomic E-state index is -5.04. The topological polar surface area (TPSA) is 107 Å². The second kappa shape index (κ2) is 11.6. The maximum Gasteiger partial charge on any atom is 0.417 e. The predicted octanol–water partition coefficient (Wildman–Crippen LogP) is 3.77. The standard InChI is InChI=1S/C28H28F5N7O3/c1-15-12-39(7-6-38(15)2)20-9-19(29)24(16-4-5-40(13-16)21-10-23(43-3)36-14-35-21)25(30)26(20)37-27(42)17-11-34-22(41)8-18(17)28(31,32)33/h4,8-11,14-15H,5-7,12-13H2,1-3H3,(H,34,41)(H,37,42). The van der Waals surface area contributed by atoms with Crippen LogP contribution in [-0.2, 0) is 6.18 Å². The molecule has 1 saturated heterocycles. The molecule has 10 nitrogen and oxygen atoms in total. The van der Waals surface area contributed by atoms with E-state index < -0.39 is 51.7 Å². The maximum absolute atomic E-state index is 16.4. The van der Waals surface area contributed by atoms with Crippen molar-refractivity contribution < 1.29 is 31.5 Å². The monoisotopic (exact) mass is 605 g/mol. The molecule has 0 saturated carbocycles. The van der Waals surface area contributed by atoms with Crippen molar-refractivity contribution in [3.8, 4) is 5.88 Å². The van der Waals surface area contributed by atoms with Crippen molar-refractivity contribution in [2.24, 2.45) is 0 Å². The highest BCUT2D eigenvalue weighted by Gasteiger charge is 2.37. The number of carbonyl (C=O) groups is 1. The Labute approximate surface area is 242 Å². The van der Waals surface area contributed by atoms with Gasteiger partial charge in [0.15, 0.2) is 5.82 Å². The number of rotatable bonds is 6. The van der Waals surface area contributed by atoms with Crippen molar-refractivity contribution in [1.29, 1.82) is 0 Å². The van der Waals surface area contributed by atoms with Crippen LogP contribution >= 0.6 is 0 Å². The first-order chi connectivity index (χ1) is 20.4. The second-order valence-corrected chi connectivity index (χ2v) is 10.3. The van der Waals surface area contributed by atoms with Crippen molar-refractivity contribution in [1.82, 2.24) is 19.9 Å². The van der Waals surface area contributed by atoms with Crippen molar-refractivity contribution in [2.45, 2.75) is 19.1 Å². The van der Waals surface area contributed by atoms with Gasteiger partial charge < -0.3 is 29.7 Å². The third kappa shape index (κ3) is 6.02. The summed E-state index contributed by atoms with van der Waals surface area (Å²) >= 11 is 0. The summed E-state index contributed by atoms with van der Waals surface area (Å²) in [6, 6.07) is 2.88. The van der Waals surface area contributed by atoms with Crippen molar-refractivity contribution in [2.75, 3.05) is 62.0 Å². The lowest BCUT2D eigenvalue weighted by molar-refractivity contribution is -0.138. The van der Waals surface area contributed by atoms with Gasteiger partial charge in [-0.2, -0.15) is 13.2 Å². The number of nitrogens with zero attached hydrogens (tertiary/aromatic N) is 5. The Balaban J connectivity index is 1.55. The molecular formula is C28H28F5N7O3. The molecular weight excluding hydrogens is 577 g/mol. The van der Waals surface area contributed by atoms with E-state index in [1.165, 1.54) is 13.4 Å². The first kappa shape index (κ1) is 29.9. The van der Waals surface area contributed by atoms with Gasteiger partial charge in [0.25, 0.3) is 5.91 Å². The Hall–Kier alpha value is -4.53. The number of piperazine rings is 1. The lowest BCUT2D eigenvalue weighted by atomic mass is 10.0. The Morgan fingerprint density at radius 2 is 1.91 bits per heavy atom. The van der Waals surface area contributed by atoms with Crippen LogP contribution in [0, 0.1) is 11.6 Å². The number of nitrogens with one attached hydrogen (secondary N) is 2. The molecule has 228 valence electrons. The van der Waals surface area contributed by atoms with Gasteiger partial charge in [0.2, 0.25) is 11.4 Å². The van der Waals surface area contributed by atoms with Crippen LogP contribution in [-0.4, -0.2) is 78.7 Å². The molecule has 5 rings (SSSR count). The summed E-state index contributed by atoms with van der Waals surface area (Å²) in [5.41, 5.74) is -4.13. The number of pyridine rings is 1. The van der Waals surface area contributed by atoms with Gasteiger partial charge in [-0.15, -0.1) is 0 Å². The van der Waals surface area contributed by atoms with E-state index in [0.717, 1.165) is 6.07 Å². The molecule has 1 fully saturated rings. The molecule has 43 heavy (non-hydrogen) atoms. The van der Waals surface area contributed by atoms with Crippen LogP contribution < -0.4 is 25.4 Å². The van der Waals surface area contributed by atoms with Gasteiger partial charge in [-0.3, -0.25) is 9.59 Å². The number of anilines is 3. The third-order valence-electron chi connectivity index (χ3n) is 7.61. The van der Waals surface area contributed by atoms with E-state index in [9.17, 15) is 22.8 Å². The summed E-state index contributed by atoms with van der Waals surface area (Å²) < 4.78 is 78.4. The number of likely N-dealkylation sites (N-methyl/N-ethyl adjacent to an activating group) is 1. The van der Waals surface area contributed by atoms with Crippen LogP contribution in [0.4, 0.5) is 39.1 Å². The van der Waals surface area contributed by atoms with E-state index in [0.29, 0.717) is 37.5 Å². The second-order valence-electron chi connectivity index (χ2n) is 10.3. The fourth-order valence-corrected chi connectivity index (χ4v) is 5.14. The zero-order valence-corrected chi connectivity index (χ0v) is 23.4. The quantitative estimate of drug-likeness (QED) is 0.410. The SMILES string of the molecule is COc1cc(N2CC=C(c3c(F)cc(N4CCN(C)C(C)C4)c(NC(=O)c4c[nH]c(=O)cc4C(F)(F)F)c3F)C2)ncn1. The van der Waals surface area contributed by atoms with Gasteiger partial charge >= 0.3 is 6.18 Å². The molecule has 2 aromatic heterocycles. The summed E-state index contributed by atoms with van der Waals surface area (Å²) in [4.78, 5) is 40.5. The maximum atomic E-state index is 16.4. The van der Waals surface area contributed by atoms with E-state index >= 15 is 8.78 Å². The molecule has 15 heteroatoms. The average molecular weight is 606 g/mol. The molecule has 2 N–H and O–H groups in total. The van der Waals surface area contributed by atoms with Gasteiger partial charge in [0.05, 0.1) is 29.5 Å². The lowest BCUT2D eigenvalue weighted by Gasteiger charge is -2.40. The molecule has 0 radical (unpaired) electrons. The lowest BCUT2D eigenvalue weighted by Crippen LogP contribution is -2.50. The number of alkyl halides is 3. The van der Waals surface area contributed by atoms with Crippen LogP contribution in [0.15, 0.2) is 41.6 Å². The molecule has 2 aliphatic heterocycles. The largest absolute Gasteiger partial charge is 0.481 e. The minimum Gasteiger partial charge on any atom is -0.481 e. The first-order valence-corrected chi connectivity index (χ1v) is 13.3. The van der Waals surface area contributed by atoms with Crippen LogP contribution in [0.1, 0.15) is 28.4 Å². The number of hydrogen-bond donors (Lipinski definition) is 2. The third-order valence-corrected chi connectivity index (χ3v) is 7.61.